The Bertz CT molecular complexity index is 529. The van der Waals surface area contributed by atoms with E-state index in [0.29, 0.717) is 17.7 Å². The first kappa shape index (κ1) is 12.3. The van der Waals surface area contributed by atoms with Gasteiger partial charge in [0.25, 0.3) is 0 Å². The maximum Gasteiger partial charge on any atom is 0.193 e. The van der Waals surface area contributed by atoms with Gasteiger partial charge in [-0.25, -0.2) is 4.39 Å². The van der Waals surface area contributed by atoms with Gasteiger partial charge in [-0.3, -0.25) is 4.79 Å². The molecule has 0 radical (unpaired) electrons. The summed E-state index contributed by atoms with van der Waals surface area (Å²) in [6.45, 7) is 2.49. The van der Waals surface area contributed by atoms with Gasteiger partial charge in [0, 0.05) is 11.1 Å². The van der Waals surface area contributed by atoms with E-state index in [0.717, 1.165) is 5.75 Å². The van der Waals surface area contributed by atoms with Crippen molar-refractivity contribution in [3.8, 4) is 5.75 Å². The molecule has 0 saturated heterocycles. The van der Waals surface area contributed by atoms with Crippen LogP contribution in [0.2, 0.25) is 0 Å². The van der Waals surface area contributed by atoms with Crippen molar-refractivity contribution < 1.29 is 13.9 Å². The Hall–Kier alpha value is -2.16. The van der Waals surface area contributed by atoms with E-state index in [1.165, 1.54) is 24.3 Å². The zero-order valence-corrected chi connectivity index (χ0v) is 10.0. The number of rotatable bonds is 4. The molecule has 0 aliphatic rings. The first-order valence-corrected chi connectivity index (χ1v) is 5.74. The summed E-state index contributed by atoms with van der Waals surface area (Å²) in [6.07, 6.45) is 0. The Morgan fingerprint density at radius 2 is 1.50 bits per heavy atom. The number of carbonyl (C=O) groups is 1. The minimum absolute atomic E-state index is 0.127. The molecule has 0 N–H and O–H groups in total. The van der Waals surface area contributed by atoms with Gasteiger partial charge < -0.3 is 4.74 Å². The molecular weight excluding hydrogens is 231 g/mol. The first-order chi connectivity index (χ1) is 8.70. The Morgan fingerprint density at radius 1 is 1.00 bits per heavy atom. The van der Waals surface area contributed by atoms with Gasteiger partial charge in [-0.2, -0.15) is 0 Å². The minimum atomic E-state index is -0.349. The Kier molecular flexibility index (Phi) is 3.72. The third kappa shape index (κ3) is 2.74. The van der Waals surface area contributed by atoms with Crippen molar-refractivity contribution in [2.24, 2.45) is 0 Å². The van der Waals surface area contributed by atoms with Crippen molar-refractivity contribution >= 4 is 5.78 Å². The van der Waals surface area contributed by atoms with Crippen molar-refractivity contribution in [1.82, 2.24) is 0 Å². The molecule has 0 amide bonds. The van der Waals surface area contributed by atoms with E-state index in [4.69, 9.17) is 4.74 Å². The van der Waals surface area contributed by atoms with Gasteiger partial charge in [0.1, 0.15) is 11.6 Å². The summed E-state index contributed by atoms with van der Waals surface area (Å²) in [6, 6.07) is 12.4. The summed E-state index contributed by atoms with van der Waals surface area (Å²) in [5.74, 6) is 0.254. The molecule has 18 heavy (non-hydrogen) atoms. The molecule has 0 unspecified atom stereocenters. The van der Waals surface area contributed by atoms with Gasteiger partial charge in [-0.1, -0.05) is 0 Å². The highest BCUT2D eigenvalue weighted by atomic mass is 19.1. The third-order valence-corrected chi connectivity index (χ3v) is 2.53. The fourth-order valence-electron chi connectivity index (χ4n) is 1.64. The first-order valence-electron chi connectivity index (χ1n) is 5.74. The van der Waals surface area contributed by atoms with Gasteiger partial charge >= 0.3 is 0 Å². The molecule has 0 aliphatic heterocycles. The van der Waals surface area contributed by atoms with Crippen LogP contribution in [-0.4, -0.2) is 12.4 Å². The second-order valence-electron chi connectivity index (χ2n) is 3.79. The van der Waals surface area contributed by atoms with Crippen LogP contribution in [0.1, 0.15) is 22.8 Å². The van der Waals surface area contributed by atoms with Crippen LogP contribution in [0.5, 0.6) is 5.75 Å². The van der Waals surface area contributed by atoms with Crippen LogP contribution < -0.4 is 4.74 Å². The SMILES string of the molecule is CCOc1ccc(C(=O)c2ccc(F)cc2)cc1. The molecule has 0 bridgehead atoms. The number of hydrogen-bond acceptors (Lipinski definition) is 2. The highest BCUT2D eigenvalue weighted by molar-refractivity contribution is 6.08. The highest BCUT2D eigenvalue weighted by Crippen LogP contribution is 2.15. The van der Waals surface area contributed by atoms with E-state index in [2.05, 4.69) is 0 Å². The molecule has 0 fully saturated rings. The smallest absolute Gasteiger partial charge is 0.193 e. The molecule has 0 heterocycles. The van der Waals surface area contributed by atoms with Crippen LogP contribution in [0.3, 0.4) is 0 Å². The number of hydrogen-bond donors (Lipinski definition) is 0. The van der Waals surface area contributed by atoms with E-state index in [1.807, 2.05) is 6.92 Å². The van der Waals surface area contributed by atoms with E-state index < -0.39 is 0 Å². The van der Waals surface area contributed by atoms with E-state index in [-0.39, 0.29) is 11.6 Å². The van der Waals surface area contributed by atoms with Crippen molar-refractivity contribution in [3.05, 3.63) is 65.5 Å². The molecule has 0 spiro atoms. The quantitative estimate of drug-likeness (QED) is 0.770. The lowest BCUT2D eigenvalue weighted by Crippen LogP contribution is -2.01. The predicted octanol–water partition coefficient (Wildman–Crippen LogP) is 3.46. The fraction of sp³-hybridized carbons (Fsp3) is 0.133. The van der Waals surface area contributed by atoms with Crippen LogP contribution in [0.15, 0.2) is 48.5 Å². The van der Waals surface area contributed by atoms with Gasteiger partial charge in [0.2, 0.25) is 0 Å². The second kappa shape index (κ2) is 5.45. The average Bonchev–Trinajstić information content (AvgIpc) is 2.40. The zero-order chi connectivity index (χ0) is 13.0. The Morgan fingerprint density at radius 3 is 2.00 bits per heavy atom. The zero-order valence-electron chi connectivity index (χ0n) is 10.0. The molecule has 2 aromatic rings. The number of halogens is 1. The molecule has 0 aromatic heterocycles. The van der Waals surface area contributed by atoms with Gasteiger partial charge in [-0.15, -0.1) is 0 Å². The summed E-state index contributed by atoms with van der Waals surface area (Å²) in [4.78, 5) is 12.1. The van der Waals surface area contributed by atoms with Gasteiger partial charge in [-0.05, 0) is 55.5 Å². The molecule has 2 rings (SSSR count). The van der Waals surface area contributed by atoms with E-state index in [9.17, 15) is 9.18 Å². The Labute approximate surface area is 105 Å². The maximum atomic E-state index is 12.8. The van der Waals surface area contributed by atoms with Crippen molar-refractivity contribution in [2.45, 2.75) is 6.92 Å². The van der Waals surface area contributed by atoms with Crippen LogP contribution >= 0.6 is 0 Å². The molecule has 92 valence electrons. The predicted molar refractivity (Wildman–Crippen MR) is 67.4 cm³/mol. The number of ketones is 1. The summed E-state index contributed by atoms with van der Waals surface area (Å²) < 4.78 is 18.1. The van der Waals surface area contributed by atoms with Gasteiger partial charge in [0.05, 0.1) is 6.61 Å². The minimum Gasteiger partial charge on any atom is -0.494 e. The van der Waals surface area contributed by atoms with E-state index in [1.54, 1.807) is 24.3 Å². The summed E-state index contributed by atoms with van der Waals surface area (Å²) in [7, 11) is 0. The Balaban J connectivity index is 2.20. The van der Waals surface area contributed by atoms with Crippen molar-refractivity contribution in [2.75, 3.05) is 6.61 Å². The number of carbonyl (C=O) groups excluding carboxylic acids is 1. The third-order valence-electron chi connectivity index (χ3n) is 2.53. The molecule has 0 atom stereocenters. The van der Waals surface area contributed by atoms with Crippen LogP contribution in [0.25, 0.3) is 0 Å². The summed E-state index contributed by atoms with van der Waals surface area (Å²) in [5.41, 5.74) is 1.03. The average molecular weight is 244 g/mol. The molecule has 0 saturated carbocycles. The summed E-state index contributed by atoms with van der Waals surface area (Å²) in [5, 5.41) is 0. The van der Waals surface area contributed by atoms with Gasteiger partial charge in [0.15, 0.2) is 5.78 Å². The largest absolute Gasteiger partial charge is 0.494 e. The molecule has 2 aromatic carbocycles. The molecule has 2 nitrogen and oxygen atoms in total. The van der Waals surface area contributed by atoms with Crippen LogP contribution in [0.4, 0.5) is 4.39 Å². The van der Waals surface area contributed by atoms with Crippen LogP contribution in [0, 0.1) is 5.82 Å². The monoisotopic (exact) mass is 244 g/mol. The highest BCUT2D eigenvalue weighted by Gasteiger charge is 2.08. The standard InChI is InChI=1S/C15H13FO2/c1-2-18-14-9-5-12(6-10-14)15(17)11-3-7-13(16)8-4-11/h3-10H,2H2,1H3. The molecule has 0 aliphatic carbocycles. The number of ether oxygens (including phenoxy) is 1. The maximum absolute atomic E-state index is 12.8. The summed E-state index contributed by atoms with van der Waals surface area (Å²) >= 11 is 0. The van der Waals surface area contributed by atoms with E-state index >= 15 is 0 Å². The van der Waals surface area contributed by atoms with Crippen molar-refractivity contribution in [1.29, 1.82) is 0 Å². The lowest BCUT2D eigenvalue weighted by atomic mass is 10.0. The van der Waals surface area contributed by atoms with Crippen molar-refractivity contribution in [3.63, 3.8) is 0 Å². The van der Waals surface area contributed by atoms with Crippen LogP contribution in [-0.2, 0) is 0 Å². The molecular formula is C15H13FO2. The number of benzene rings is 2. The fourth-order valence-corrected chi connectivity index (χ4v) is 1.64. The lowest BCUT2D eigenvalue weighted by molar-refractivity contribution is 0.103. The molecule has 3 heteroatoms. The lowest BCUT2D eigenvalue weighted by Gasteiger charge is -2.04. The second-order valence-corrected chi connectivity index (χ2v) is 3.79. The topological polar surface area (TPSA) is 26.3 Å². The normalized spacial score (nSPS) is 10.1.